The van der Waals surface area contributed by atoms with Gasteiger partial charge in [0.25, 0.3) is 0 Å². The molecule has 2 heteroatoms. The molecule has 3 aromatic rings. The molecule has 1 aliphatic rings. The SMILES string of the molecule is NC1=Cc2oc3ccccc3c2CC(Cc2ccccc2)C1. The van der Waals surface area contributed by atoms with Gasteiger partial charge in [-0.2, -0.15) is 0 Å². The van der Waals surface area contributed by atoms with Crippen molar-refractivity contribution in [2.45, 2.75) is 19.3 Å². The Balaban J connectivity index is 1.72. The summed E-state index contributed by atoms with van der Waals surface area (Å²) in [7, 11) is 0. The predicted octanol–water partition coefficient (Wildman–Crippen LogP) is 4.54. The van der Waals surface area contributed by atoms with E-state index < -0.39 is 0 Å². The van der Waals surface area contributed by atoms with E-state index in [0.717, 1.165) is 36.3 Å². The number of fused-ring (bicyclic) bond motifs is 3. The third-order valence-corrected chi connectivity index (χ3v) is 4.43. The van der Waals surface area contributed by atoms with Crippen LogP contribution in [0.25, 0.3) is 17.0 Å². The van der Waals surface area contributed by atoms with Crippen LogP contribution in [0.4, 0.5) is 0 Å². The number of benzene rings is 2. The van der Waals surface area contributed by atoms with Gasteiger partial charge in [0.15, 0.2) is 0 Å². The number of nitrogens with two attached hydrogens (primary N) is 1. The van der Waals surface area contributed by atoms with Gasteiger partial charge in [0, 0.05) is 16.6 Å². The van der Waals surface area contributed by atoms with Gasteiger partial charge in [0.2, 0.25) is 0 Å². The summed E-state index contributed by atoms with van der Waals surface area (Å²) in [6.45, 7) is 0. The van der Waals surface area contributed by atoms with Crippen molar-refractivity contribution in [3.63, 3.8) is 0 Å². The van der Waals surface area contributed by atoms with E-state index >= 15 is 0 Å². The topological polar surface area (TPSA) is 39.2 Å². The molecule has 4 rings (SSSR count). The highest BCUT2D eigenvalue weighted by Gasteiger charge is 2.22. The van der Waals surface area contributed by atoms with Crippen molar-refractivity contribution in [2.75, 3.05) is 0 Å². The summed E-state index contributed by atoms with van der Waals surface area (Å²) >= 11 is 0. The van der Waals surface area contributed by atoms with Crippen LogP contribution in [-0.4, -0.2) is 0 Å². The van der Waals surface area contributed by atoms with Crippen molar-refractivity contribution >= 4 is 17.0 Å². The van der Waals surface area contributed by atoms with Gasteiger partial charge in [-0.1, -0.05) is 48.5 Å². The van der Waals surface area contributed by atoms with Crippen LogP contribution in [0.5, 0.6) is 0 Å². The molecule has 2 nitrogen and oxygen atoms in total. The molecule has 1 atom stereocenters. The molecule has 1 unspecified atom stereocenters. The third-order valence-electron chi connectivity index (χ3n) is 4.43. The van der Waals surface area contributed by atoms with Crippen LogP contribution in [0.2, 0.25) is 0 Å². The first-order chi connectivity index (χ1) is 10.8. The third kappa shape index (κ3) is 2.41. The fraction of sp³-hybridized carbons (Fsp3) is 0.200. The average Bonchev–Trinajstić information content (AvgIpc) is 2.77. The smallest absolute Gasteiger partial charge is 0.135 e. The predicted molar refractivity (Wildman–Crippen MR) is 90.3 cm³/mol. The maximum Gasteiger partial charge on any atom is 0.135 e. The van der Waals surface area contributed by atoms with Gasteiger partial charge in [-0.05, 0) is 42.9 Å². The molecule has 2 N–H and O–H groups in total. The van der Waals surface area contributed by atoms with Crippen molar-refractivity contribution in [2.24, 2.45) is 11.7 Å². The first-order valence-corrected chi connectivity index (χ1v) is 7.80. The average molecular weight is 289 g/mol. The van der Waals surface area contributed by atoms with Crippen molar-refractivity contribution < 1.29 is 4.42 Å². The summed E-state index contributed by atoms with van der Waals surface area (Å²) in [5.41, 5.74) is 10.8. The Morgan fingerprint density at radius 1 is 0.955 bits per heavy atom. The molecule has 0 aliphatic heterocycles. The molecule has 0 bridgehead atoms. The number of hydrogen-bond acceptors (Lipinski definition) is 2. The zero-order valence-electron chi connectivity index (χ0n) is 12.5. The lowest BCUT2D eigenvalue weighted by molar-refractivity contribution is 0.516. The fourth-order valence-corrected chi connectivity index (χ4v) is 3.46. The highest BCUT2D eigenvalue weighted by Crippen LogP contribution is 2.34. The zero-order chi connectivity index (χ0) is 14.9. The van der Waals surface area contributed by atoms with Crippen LogP contribution in [0.1, 0.15) is 23.3 Å². The minimum atomic E-state index is 0.515. The van der Waals surface area contributed by atoms with Crippen LogP contribution < -0.4 is 5.73 Å². The molecule has 0 spiro atoms. The van der Waals surface area contributed by atoms with Crippen LogP contribution in [0, 0.1) is 5.92 Å². The number of allylic oxidation sites excluding steroid dienone is 1. The minimum absolute atomic E-state index is 0.515. The molecule has 0 fully saturated rings. The van der Waals surface area contributed by atoms with Gasteiger partial charge in [-0.15, -0.1) is 0 Å². The van der Waals surface area contributed by atoms with Crippen molar-refractivity contribution in [3.8, 4) is 0 Å². The summed E-state index contributed by atoms with van der Waals surface area (Å²) in [4.78, 5) is 0. The largest absolute Gasteiger partial charge is 0.456 e. The van der Waals surface area contributed by atoms with Gasteiger partial charge in [-0.3, -0.25) is 0 Å². The number of rotatable bonds is 2. The number of para-hydroxylation sites is 1. The van der Waals surface area contributed by atoms with E-state index in [1.807, 2.05) is 18.2 Å². The summed E-state index contributed by atoms with van der Waals surface area (Å²) in [6, 6.07) is 18.9. The normalized spacial score (nSPS) is 17.8. The van der Waals surface area contributed by atoms with E-state index in [2.05, 4.69) is 42.5 Å². The second kappa shape index (κ2) is 5.38. The number of furan rings is 1. The molecule has 2 aromatic carbocycles. The molecule has 22 heavy (non-hydrogen) atoms. The Morgan fingerprint density at radius 2 is 1.73 bits per heavy atom. The molecular formula is C20H19NO. The quantitative estimate of drug-likeness (QED) is 0.752. The minimum Gasteiger partial charge on any atom is -0.456 e. The molecule has 0 saturated carbocycles. The monoisotopic (exact) mass is 289 g/mol. The second-order valence-electron chi connectivity index (χ2n) is 6.12. The Kier molecular flexibility index (Phi) is 3.23. The van der Waals surface area contributed by atoms with Gasteiger partial charge in [0.1, 0.15) is 11.3 Å². The Bertz CT molecular complexity index is 829. The maximum absolute atomic E-state index is 6.22. The lowest BCUT2D eigenvalue weighted by Gasteiger charge is -2.15. The summed E-state index contributed by atoms with van der Waals surface area (Å²) in [5.74, 6) is 1.45. The highest BCUT2D eigenvalue weighted by molar-refractivity contribution is 5.85. The van der Waals surface area contributed by atoms with Crippen LogP contribution in [0.15, 0.2) is 64.7 Å². The lowest BCUT2D eigenvalue weighted by atomic mass is 9.90. The Morgan fingerprint density at radius 3 is 2.59 bits per heavy atom. The van der Waals surface area contributed by atoms with E-state index in [9.17, 15) is 0 Å². The van der Waals surface area contributed by atoms with Crippen molar-refractivity contribution in [3.05, 3.63) is 77.2 Å². The maximum atomic E-state index is 6.22. The summed E-state index contributed by atoms with van der Waals surface area (Å²) in [6.07, 6.45) is 5.00. The fourth-order valence-electron chi connectivity index (χ4n) is 3.46. The second-order valence-corrected chi connectivity index (χ2v) is 6.12. The summed E-state index contributed by atoms with van der Waals surface area (Å²) in [5, 5.41) is 1.22. The molecule has 0 radical (unpaired) electrons. The highest BCUT2D eigenvalue weighted by atomic mass is 16.3. The van der Waals surface area contributed by atoms with E-state index in [1.54, 1.807) is 0 Å². The summed E-state index contributed by atoms with van der Waals surface area (Å²) < 4.78 is 5.98. The van der Waals surface area contributed by atoms with E-state index in [4.69, 9.17) is 10.2 Å². The molecule has 110 valence electrons. The van der Waals surface area contributed by atoms with Gasteiger partial charge >= 0.3 is 0 Å². The first kappa shape index (κ1) is 13.2. The zero-order valence-corrected chi connectivity index (χ0v) is 12.5. The van der Waals surface area contributed by atoms with Gasteiger partial charge in [0.05, 0.1) is 0 Å². The van der Waals surface area contributed by atoms with Gasteiger partial charge in [-0.25, -0.2) is 0 Å². The molecule has 1 aliphatic carbocycles. The molecule has 1 aromatic heterocycles. The Hall–Kier alpha value is -2.48. The number of hydrogen-bond donors (Lipinski definition) is 1. The van der Waals surface area contributed by atoms with Crippen LogP contribution in [0.3, 0.4) is 0 Å². The molecule has 0 saturated heterocycles. The molecule has 1 heterocycles. The van der Waals surface area contributed by atoms with Crippen LogP contribution >= 0.6 is 0 Å². The standard InChI is InChI=1S/C20H19NO/c21-16-11-15(10-14-6-2-1-3-7-14)12-18-17-8-4-5-9-19(17)22-20(18)13-16/h1-9,13,15H,10-12,21H2. The lowest BCUT2D eigenvalue weighted by Crippen LogP contribution is -2.11. The van der Waals surface area contributed by atoms with E-state index in [1.165, 1.54) is 16.5 Å². The van der Waals surface area contributed by atoms with E-state index in [-0.39, 0.29) is 0 Å². The van der Waals surface area contributed by atoms with Crippen LogP contribution in [-0.2, 0) is 12.8 Å². The molecular weight excluding hydrogens is 270 g/mol. The Labute approximate surface area is 130 Å². The van der Waals surface area contributed by atoms with Crippen molar-refractivity contribution in [1.82, 2.24) is 0 Å². The molecule has 0 amide bonds. The first-order valence-electron chi connectivity index (χ1n) is 7.80. The van der Waals surface area contributed by atoms with E-state index in [0.29, 0.717) is 5.92 Å². The van der Waals surface area contributed by atoms with Gasteiger partial charge < -0.3 is 10.2 Å². The van der Waals surface area contributed by atoms with Crippen molar-refractivity contribution in [1.29, 1.82) is 0 Å².